The Morgan fingerprint density at radius 3 is 2.67 bits per heavy atom. The summed E-state index contributed by atoms with van der Waals surface area (Å²) >= 11 is 0. The van der Waals surface area contributed by atoms with E-state index in [1.165, 1.54) is 19.2 Å². The third-order valence-electron chi connectivity index (χ3n) is 2.21. The van der Waals surface area contributed by atoms with Crippen molar-refractivity contribution in [2.45, 2.75) is 6.04 Å². The van der Waals surface area contributed by atoms with E-state index in [0.717, 1.165) is 6.07 Å². The lowest BCUT2D eigenvalue weighted by Gasteiger charge is -2.15. The van der Waals surface area contributed by atoms with Crippen LogP contribution in [0.4, 0.5) is 10.1 Å². The van der Waals surface area contributed by atoms with Crippen molar-refractivity contribution in [3.63, 3.8) is 0 Å². The molecular weight excluding hydrogens is 243 g/mol. The van der Waals surface area contributed by atoms with E-state index in [1.54, 1.807) is 0 Å². The Bertz CT molecular complexity index is 464. The number of benzene rings is 1. The molecule has 0 saturated heterocycles. The van der Waals surface area contributed by atoms with Crippen LogP contribution in [0, 0.1) is 5.82 Å². The molecule has 0 aliphatic carbocycles. The van der Waals surface area contributed by atoms with Gasteiger partial charge in [-0.05, 0) is 18.2 Å². The Morgan fingerprint density at radius 1 is 1.56 bits per heavy atom. The highest BCUT2D eigenvalue weighted by molar-refractivity contribution is 5.93. The van der Waals surface area contributed by atoms with Crippen molar-refractivity contribution >= 4 is 17.6 Å². The lowest BCUT2D eigenvalue weighted by Crippen LogP contribution is -2.34. The van der Waals surface area contributed by atoms with E-state index < -0.39 is 23.7 Å². The average Bonchev–Trinajstić information content (AvgIpc) is 2.30. The van der Waals surface area contributed by atoms with Gasteiger partial charge in [0.25, 0.3) is 0 Å². The molecule has 18 heavy (non-hydrogen) atoms. The summed E-state index contributed by atoms with van der Waals surface area (Å²) in [6.07, 6.45) is 0. The Balaban J connectivity index is 2.90. The predicted molar refractivity (Wildman–Crippen MR) is 61.8 cm³/mol. The number of anilines is 1. The van der Waals surface area contributed by atoms with Gasteiger partial charge in [0, 0.05) is 12.7 Å². The van der Waals surface area contributed by atoms with Crippen LogP contribution < -0.4 is 11.1 Å². The quantitative estimate of drug-likeness (QED) is 0.685. The number of amides is 1. The molecule has 0 saturated carbocycles. The zero-order valence-electron chi connectivity index (χ0n) is 9.64. The van der Waals surface area contributed by atoms with Crippen LogP contribution in [0.1, 0.15) is 10.4 Å². The van der Waals surface area contributed by atoms with Crippen LogP contribution in [0.2, 0.25) is 0 Å². The van der Waals surface area contributed by atoms with E-state index in [1.807, 2.05) is 0 Å². The average molecular weight is 256 g/mol. The number of ether oxygens (including phenoxy) is 1. The summed E-state index contributed by atoms with van der Waals surface area (Å²) in [5, 5.41) is 11.3. The molecule has 4 N–H and O–H groups in total. The summed E-state index contributed by atoms with van der Waals surface area (Å²) in [5.41, 5.74) is 4.96. The van der Waals surface area contributed by atoms with Crippen LogP contribution in [0.3, 0.4) is 0 Å². The van der Waals surface area contributed by atoms with Crippen molar-refractivity contribution in [2.24, 2.45) is 5.73 Å². The molecule has 7 heteroatoms. The molecule has 6 nitrogen and oxygen atoms in total. The van der Waals surface area contributed by atoms with Crippen LogP contribution in [0.15, 0.2) is 18.2 Å². The Labute approximate surface area is 103 Å². The van der Waals surface area contributed by atoms with Crippen LogP contribution in [-0.2, 0) is 9.53 Å². The Morgan fingerprint density at radius 2 is 2.22 bits per heavy atom. The van der Waals surface area contributed by atoms with Crippen LogP contribution in [0.5, 0.6) is 0 Å². The molecular formula is C11H13FN2O4. The molecule has 0 heterocycles. The molecule has 0 spiro atoms. The van der Waals surface area contributed by atoms with Crippen molar-refractivity contribution in [1.82, 2.24) is 0 Å². The van der Waals surface area contributed by atoms with Gasteiger partial charge in [0.05, 0.1) is 12.3 Å². The van der Waals surface area contributed by atoms with Crippen LogP contribution >= 0.6 is 0 Å². The maximum absolute atomic E-state index is 13.6. The van der Waals surface area contributed by atoms with Crippen LogP contribution in [-0.4, -0.2) is 36.7 Å². The zero-order chi connectivity index (χ0) is 13.7. The van der Waals surface area contributed by atoms with Gasteiger partial charge in [-0.25, -0.2) is 9.18 Å². The number of hydrogen-bond acceptors (Lipinski definition) is 4. The summed E-state index contributed by atoms with van der Waals surface area (Å²) in [6.45, 7) is -0.119. The smallest absolute Gasteiger partial charge is 0.328 e. The molecule has 1 rings (SSSR count). The molecule has 1 aromatic rings. The number of carbonyl (C=O) groups is 2. The minimum absolute atomic E-state index is 0.0108. The van der Waals surface area contributed by atoms with Crippen molar-refractivity contribution in [2.75, 3.05) is 19.0 Å². The highest BCUT2D eigenvalue weighted by atomic mass is 19.1. The molecule has 1 atom stereocenters. The van der Waals surface area contributed by atoms with E-state index in [4.69, 9.17) is 15.6 Å². The van der Waals surface area contributed by atoms with E-state index in [0.29, 0.717) is 0 Å². The number of primary amides is 1. The second-order valence-corrected chi connectivity index (χ2v) is 3.55. The minimum atomic E-state index is -1.17. The maximum Gasteiger partial charge on any atom is 0.328 e. The van der Waals surface area contributed by atoms with E-state index in [9.17, 15) is 14.0 Å². The van der Waals surface area contributed by atoms with Crippen molar-refractivity contribution < 1.29 is 23.8 Å². The summed E-state index contributed by atoms with van der Waals surface area (Å²) in [4.78, 5) is 21.7. The number of hydrogen-bond donors (Lipinski definition) is 3. The Kier molecular flexibility index (Phi) is 4.61. The number of halogens is 1. The summed E-state index contributed by atoms with van der Waals surface area (Å²) in [6, 6.07) is 2.42. The van der Waals surface area contributed by atoms with Gasteiger partial charge in [-0.15, -0.1) is 0 Å². The minimum Gasteiger partial charge on any atom is -0.480 e. The highest BCUT2D eigenvalue weighted by Gasteiger charge is 2.18. The van der Waals surface area contributed by atoms with Crippen molar-refractivity contribution in [3.05, 3.63) is 29.6 Å². The molecule has 98 valence electrons. The number of carbonyl (C=O) groups excluding carboxylic acids is 1. The van der Waals surface area contributed by atoms with Gasteiger partial charge in [-0.2, -0.15) is 0 Å². The second-order valence-electron chi connectivity index (χ2n) is 3.55. The first-order valence-electron chi connectivity index (χ1n) is 5.03. The largest absolute Gasteiger partial charge is 0.480 e. The molecule has 0 radical (unpaired) electrons. The first-order chi connectivity index (χ1) is 8.45. The van der Waals surface area contributed by atoms with E-state index in [2.05, 4.69) is 5.32 Å². The molecule has 1 unspecified atom stereocenters. The lowest BCUT2D eigenvalue weighted by molar-refractivity contribution is -0.139. The number of nitrogens with two attached hydrogens (primary N) is 1. The van der Waals surface area contributed by atoms with E-state index >= 15 is 0 Å². The van der Waals surface area contributed by atoms with Gasteiger partial charge in [-0.3, -0.25) is 4.79 Å². The van der Waals surface area contributed by atoms with Gasteiger partial charge < -0.3 is 20.9 Å². The van der Waals surface area contributed by atoms with Crippen LogP contribution in [0.25, 0.3) is 0 Å². The normalized spacial score (nSPS) is 11.9. The standard InChI is InChI=1S/C11H13FN2O4/c1-18-5-9(11(16)17)14-8-3-2-6(10(13)15)4-7(8)12/h2-4,9,14H,5H2,1H3,(H2,13,15)(H,16,17). The fraction of sp³-hybridized carbons (Fsp3) is 0.273. The zero-order valence-corrected chi connectivity index (χ0v) is 9.64. The Hall–Kier alpha value is -2.15. The summed E-state index contributed by atoms with van der Waals surface area (Å²) < 4.78 is 18.3. The van der Waals surface area contributed by atoms with Gasteiger partial charge in [0.1, 0.15) is 11.9 Å². The number of nitrogens with one attached hydrogen (secondary N) is 1. The van der Waals surface area contributed by atoms with Crippen molar-refractivity contribution in [1.29, 1.82) is 0 Å². The second kappa shape index (κ2) is 5.97. The molecule has 0 bridgehead atoms. The molecule has 0 fully saturated rings. The number of methoxy groups -OCH3 is 1. The van der Waals surface area contributed by atoms with Gasteiger partial charge in [0.2, 0.25) is 5.91 Å². The first kappa shape index (κ1) is 13.9. The molecule has 0 aliphatic heterocycles. The fourth-order valence-electron chi connectivity index (χ4n) is 1.31. The van der Waals surface area contributed by atoms with Gasteiger partial charge in [0.15, 0.2) is 0 Å². The number of aliphatic carboxylic acids is 1. The fourth-order valence-corrected chi connectivity index (χ4v) is 1.31. The third-order valence-corrected chi connectivity index (χ3v) is 2.21. The van der Waals surface area contributed by atoms with Gasteiger partial charge >= 0.3 is 5.97 Å². The number of carboxylic acids is 1. The predicted octanol–water partition coefficient (Wildman–Crippen LogP) is 0.436. The summed E-state index contributed by atoms with van der Waals surface area (Å²) in [5.74, 6) is -2.68. The number of carboxylic acid groups (broad SMARTS) is 1. The molecule has 1 amide bonds. The third kappa shape index (κ3) is 3.42. The van der Waals surface area contributed by atoms with Gasteiger partial charge in [-0.1, -0.05) is 0 Å². The van der Waals surface area contributed by atoms with E-state index in [-0.39, 0.29) is 17.9 Å². The monoisotopic (exact) mass is 256 g/mol. The SMILES string of the molecule is COCC(Nc1ccc(C(N)=O)cc1F)C(=O)O. The molecule has 0 aromatic heterocycles. The lowest BCUT2D eigenvalue weighted by atomic mass is 10.1. The summed E-state index contributed by atoms with van der Waals surface area (Å²) in [7, 11) is 1.34. The number of rotatable bonds is 6. The molecule has 1 aromatic carbocycles. The highest BCUT2D eigenvalue weighted by Crippen LogP contribution is 2.16. The molecule has 0 aliphatic rings. The topological polar surface area (TPSA) is 102 Å². The van der Waals surface area contributed by atoms with Crippen molar-refractivity contribution in [3.8, 4) is 0 Å². The first-order valence-corrected chi connectivity index (χ1v) is 5.03. The maximum atomic E-state index is 13.6.